The van der Waals surface area contributed by atoms with E-state index in [1.807, 2.05) is 30.3 Å². The molecule has 0 aromatic heterocycles. The first-order valence-corrected chi connectivity index (χ1v) is 7.07. The molecule has 21 heavy (non-hydrogen) atoms. The minimum atomic E-state index is -1.05. The second kappa shape index (κ2) is 5.30. The van der Waals surface area contributed by atoms with E-state index in [1.165, 1.54) is 18.2 Å². The maximum Gasteiger partial charge on any atom is 0.246 e. The van der Waals surface area contributed by atoms with Crippen molar-refractivity contribution in [1.82, 2.24) is 4.90 Å². The molecule has 0 saturated carbocycles. The second-order valence-corrected chi connectivity index (χ2v) is 5.54. The van der Waals surface area contributed by atoms with Crippen LogP contribution in [0.25, 0.3) is 6.08 Å². The summed E-state index contributed by atoms with van der Waals surface area (Å²) in [5.41, 5.74) is -0.107. The lowest BCUT2D eigenvalue weighted by atomic mass is 9.86. The van der Waals surface area contributed by atoms with Gasteiger partial charge in [-0.1, -0.05) is 30.3 Å². The summed E-state index contributed by atoms with van der Waals surface area (Å²) in [5, 5.41) is 10.5. The van der Waals surface area contributed by atoms with Crippen LogP contribution in [-0.4, -0.2) is 39.9 Å². The smallest absolute Gasteiger partial charge is 0.246 e. The summed E-state index contributed by atoms with van der Waals surface area (Å²) < 4.78 is 0. The third kappa shape index (κ3) is 2.67. The maximum absolute atomic E-state index is 12.3. The first kappa shape index (κ1) is 13.8. The highest BCUT2D eigenvalue weighted by Crippen LogP contribution is 2.35. The van der Waals surface area contributed by atoms with Gasteiger partial charge in [-0.05, 0) is 30.2 Å². The quantitative estimate of drug-likeness (QED) is 0.838. The number of rotatable bonds is 2. The van der Waals surface area contributed by atoms with Crippen molar-refractivity contribution in [3.8, 4) is 0 Å². The van der Waals surface area contributed by atoms with Gasteiger partial charge in [0.2, 0.25) is 5.91 Å². The summed E-state index contributed by atoms with van der Waals surface area (Å²) in [7, 11) is 0. The summed E-state index contributed by atoms with van der Waals surface area (Å²) in [6.45, 7) is 0.469. The summed E-state index contributed by atoms with van der Waals surface area (Å²) in [4.78, 5) is 25.5. The number of hydrogen-bond donors (Lipinski definition) is 1. The van der Waals surface area contributed by atoms with E-state index in [1.54, 1.807) is 11.0 Å². The van der Waals surface area contributed by atoms with Gasteiger partial charge in [-0.15, -0.1) is 0 Å². The van der Waals surface area contributed by atoms with E-state index < -0.39 is 11.6 Å². The topological polar surface area (TPSA) is 57.6 Å². The predicted octanol–water partition coefficient (Wildman–Crippen LogP) is 1.56. The van der Waals surface area contributed by atoms with Crippen LogP contribution >= 0.6 is 0 Å². The lowest BCUT2D eigenvalue weighted by Gasteiger charge is -2.33. The zero-order valence-corrected chi connectivity index (χ0v) is 11.6. The van der Waals surface area contributed by atoms with Gasteiger partial charge in [0, 0.05) is 19.0 Å². The van der Waals surface area contributed by atoms with E-state index in [-0.39, 0.29) is 18.1 Å². The molecule has 1 heterocycles. The molecule has 0 bridgehead atoms. The molecule has 1 saturated heterocycles. The number of nitrogens with zero attached hydrogens (tertiary/aromatic N) is 1. The lowest BCUT2D eigenvalue weighted by Crippen LogP contribution is -2.48. The average Bonchev–Trinajstić information content (AvgIpc) is 2.83. The molecule has 108 valence electrons. The van der Waals surface area contributed by atoms with Crippen LogP contribution in [0.5, 0.6) is 0 Å². The Kier molecular flexibility index (Phi) is 3.47. The molecule has 4 nitrogen and oxygen atoms in total. The van der Waals surface area contributed by atoms with Crippen LogP contribution in [0.1, 0.15) is 18.4 Å². The van der Waals surface area contributed by atoms with Gasteiger partial charge < -0.3 is 10.0 Å². The number of allylic oxidation sites excluding steroid dienone is 1. The fraction of sp³-hybridized carbons (Fsp3) is 0.294. The zero-order valence-electron chi connectivity index (χ0n) is 11.6. The van der Waals surface area contributed by atoms with Gasteiger partial charge in [0.1, 0.15) is 5.60 Å². The largest absolute Gasteiger partial charge is 0.384 e. The standard InChI is InChI=1S/C17H17NO3/c19-14-8-9-17(21)10-11-18(15(17)12-14)16(20)7-6-13-4-2-1-3-5-13/h1-9,15,21H,10-12H2/t15-,17-/m0/s1. The van der Waals surface area contributed by atoms with Gasteiger partial charge in [-0.3, -0.25) is 9.59 Å². The second-order valence-electron chi connectivity index (χ2n) is 5.54. The minimum absolute atomic E-state index is 0.0450. The van der Waals surface area contributed by atoms with Gasteiger partial charge in [0.15, 0.2) is 5.78 Å². The van der Waals surface area contributed by atoms with Crippen molar-refractivity contribution in [3.05, 3.63) is 54.1 Å². The Hall–Kier alpha value is -2.20. The third-order valence-electron chi connectivity index (χ3n) is 4.16. The molecule has 1 aromatic rings. The Morgan fingerprint density at radius 1 is 1.33 bits per heavy atom. The van der Waals surface area contributed by atoms with Crippen LogP contribution in [0.3, 0.4) is 0 Å². The molecule has 4 heteroatoms. The van der Waals surface area contributed by atoms with E-state index in [2.05, 4.69) is 0 Å². The molecule has 1 aliphatic carbocycles. The molecule has 1 fully saturated rings. The highest BCUT2D eigenvalue weighted by atomic mass is 16.3. The summed E-state index contributed by atoms with van der Waals surface area (Å²) in [5.74, 6) is -0.209. The van der Waals surface area contributed by atoms with Crippen LogP contribution in [0.2, 0.25) is 0 Å². The number of carbonyl (C=O) groups excluding carboxylic acids is 2. The molecule has 0 radical (unpaired) electrons. The number of likely N-dealkylation sites (tertiary alicyclic amines) is 1. The van der Waals surface area contributed by atoms with Gasteiger partial charge in [0.25, 0.3) is 0 Å². The number of carbonyl (C=O) groups is 2. The monoisotopic (exact) mass is 283 g/mol. The Morgan fingerprint density at radius 2 is 2.10 bits per heavy atom. The summed E-state index contributed by atoms with van der Waals surface area (Å²) >= 11 is 0. The Balaban J connectivity index is 1.76. The van der Waals surface area contributed by atoms with Crippen molar-refractivity contribution in [2.45, 2.75) is 24.5 Å². The van der Waals surface area contributed by atoms with Gasteiger partial charge >= 0.3 is 0 Å². The van der Waals surface area contributed by atoms with E-state index in [0.29, 0.717) is 13.0 Å². The van der Waals surface area contributed by atoms with Gasteiger partial charge in [-0.25, -0.2) is 0 Å². The molecule has 0 spiro atoms. The average molecular weight is 283 g/mol. The molecular formula is C17H17NO3. The highest BCUT2D eigenvalue weighted by molar-refractivity contribution is 5.95. The molecule has 3 rings (SSSR count). The molecule has 1 N–H and O–H groups in total. The normalized spacial score (nSPS) is 28.1. The van der Waals surface area contributed by atoms with E-state index in [4.69, 9.17) is 0 Å². The first-order valence-electron chi connectivity index (χ1n) is 7.07. The van der Waals surface area contributed by atoms with Crippen LogP contribution in [0, 0.1) is 0 Å². The van der Waals surface area contributed by atoms with Crippen LogP contribution in [0.15, 0.2) is 48.6 Å². The molecule has 1 aliphatic heterocycles. The number of hydrogen-bond acceptors (Lipinski definition) is 3. The van der Waals surface area contributed by atoms with Gasteiger partial charge in [0.05, 0.1) is 6.04 Å². The molecule has 2 atom stereocenters. The van der Waals surface area contributed by atoms with Gasteiger partial charge in [-0.2, -0.15) is 0 Å². The molecular weight excluding hydrogens is 266 g/mol. The zero-order chi connectivity index (χ0) is 14.9. The number of aliphatic hydroxyl groups is 1. The molecule has 0 unspecified atom stereocenters. The Morgan fingerprint density at radius 3 is 2.86 bits per heavy atom. The minimum Gasteiger partial charge on any atom is -0.384 e. The van der Waals surface area contributed by atoms with Crippen LogP contribution < -0.4 is 0 Å². The molecule has 1 amide bonds. The Labute approximate surface area is 123 Å². The van der Waals surface area contributed by atoms with Crippen LogP contribution in [-0.2, 0) is 9.59 Å². The SMILES string of the molecule is O=C1C=C[C@]2(O)CCN(C(=O)C=Cc3ccccc3)[C@H]2C1. The fourth-order valence-electron chi connectivity index (χ4n) is 2.96. The van der Waals surface area contributed by atoms with Crippen molar-refractivity contribution in [2.24, 2.45) is 0 Å². The van der Waals surface area contributed by atoms with Crippen molar-refractivity contribution in [3.63, 3.8) is 0 Å². The predicted molar refractivity (Wildman–Crippen MR) is 79.3 cm³/mol. The van der Waals surface area contributed by atoms with E-state index in [9.17, 15) is 14.7 Å². The van der Waals surface area contributed by atoms with Crippen molar-refractivity contribution in [2.75, 3.05) is 6.54 Å². The Bertz CT molecular complexity index is 620. The number of ketones is 1. The highest BCUT2D eigenvalue weighted by Gasteiger charge is 2.48. The summed E-state index contributed by atoms with van der Waals surface area (Å²) in [6, 6.07) is 9.11. The molecule has 1 aromatic carbocycles. The van der Waals surface area contributed by atoms with Crippen molar-refractivity contribution in [1.29, 1.82) is 0 Å². The molecule has 2 aliphatic rings. The fourth-order valence-corrected chi connectivity index (χ4v) is 2.96. The van der Waals surface area contributed by atoms with Crippen molar-refractivity contribution < 1.29 is 14.7 Å². The van der Waals surface area contributed by atoms with E-state index >= 15 is 0 Å². The van der Waals surface area contributed by atoms with E-state index in [0.717, 1.165) is 5.56 Å². The number of benzene rings is 1. The number of fused-ring (bicyclic) bond motifs is 1. The third-order valence-corrected chi connectivity index (χ3v) is 4.16. The first-order chi connectivity index (χ1) is 10.1. The lowest BCUT2D eigenvalue weighted by molar-refractivity contribution is -0.130. The summed E-state index contributed by atoms with van der Waals surface area (Å²) in [6.07, 6.45) is 6.89. The number of amides is 1. The van der Waals surface area contributed by atoms with Crippen molar-refractivity contribution >= 4 is 17.8 Å². The maximum atomic E-state index is 12.3. The van der Waals surface area contributed by atoms with Crippen LogP contribution in [0.4, 0.5) is 0 Å².